The number of aliphatic carboxylic acids is 2. The van der Waals surface area contributed by atoms with Crippen molar-refractivity contribution in [2.75, 3.05) is 0 Å². The third kappa shape index (κ3) is 6.59. The van der Waals surface area contributed by atoms with Gasteiger partial charge in [0.15, 0.2) is 5.41 Å². The molecule has 0 radical (unpaired) electrons. The molecule has 0 aliphatic rings. The Morgan fingerprint density at radius 1 is 0.950 bits per heavy atom. The molecule has 5 heteroatoms. The fourth-order valence-corrected chi connectivity index (χ4v) is 2.45. The van der Waals surface area contributed by atoms with Gasteiger partial charge in [0.05, 0.1) is 0 Å². The molecule has 0 rings (SSSR count). The third-order valence-corrected chi connectivity index (χ3v) is 3.92. The molecule has 0 amide bonds. The topological polar surface area (TPSA) is 74.6 Å². The first-order chi connectivity index (χ1) is 8.89. The zero-order valence-electron chi connectivity index (χ0n) is 14.4. The predicted octanol–water partition coefficient (Wildman–Crippen LogP) is 1.06. The number of unbranched alkanes of at least 4 members (excludes halogenated alkanes) is 6. The summed E-state index contributed by atoms with van der Waals surface area (Å²) in [5, 5.41) is 18.5. The summed E-state index contributed by atoms with van der Waals surface area (Å²) in [7, 11) is 0. The van der Waals surface area contributed by atoms with Crippen molar-refractivity contribution < 1.29 is 50.8 Å². The second-order valence-electron chi connectivity index (χ2n) is 5.61. The van der Waals surface area contributed by atoms with Gasteiger partial charge in [-0.2, -0.15) is 0 Å². The van der Waals surface area contributed by atoms with E-state index < -0.39 is 23.3 Å². The second kappa shape index (κ2) is 11.6. The third-order valence-electron chi connectivity index (χ3n) is 3.92. The molecule has 0 fully saturated rings. The van der Waals surface area contributed by atoms with Crippen LogP contribution in [0.1, 0.15) is 73.6 Å². The quantitative estimate of drug-likeness (QED) is 0.339. The maximum atomic E-state index is 11.3. The molecule has 0 aliphatic heterocycles. The number of carbonyl (C=O) groups is 2. The van der Waals surface area contributed by atoms with Crippen LogP contribution in [-0.2, 0) is 9.59 Å². The van der Waals surface area contributed by atoms with Gasteiger partial charge in [-0.1, -0.05) is 65.7 Å². The molecule has 0 unspecified atom stereocenters. The molecule has 0 spiro atoms. The maximum absolute atomic E-state index is 11.3. The molecule has 0 bridgehead atoms. The fourth-order valence-electron chi connectivity index (χ4n) is 2.45. The van der Waals surface area contributed by atoms with Crippen molar-refractivity contribution >= 4 is 11.9 Å². The number of carboxylic acid groups (broad SMARTS) is 2. The van der Waals surface area contributed by atoms with Crippen LogP contribution >= 0.6 is 0 Å². The van der Waals surface area contributed by atoms with Gasteiger partial charge in [0, 0.05) is 0 Å². The number of hydrogen-bond acceptors (Lipinski definition) is 2. The standard InChI is InChI=1S/C15H28O4.Na.H/c1-4-5-6-7-8-9-10-11-15(12(2)3,13(16)17)14(18)19;;/h12H,4-11H2,1-3H3,(H,16,17)(H,18,19);;/q;+1;-1. The van der Waals surface area contributed by atoms with Gasteiger partial charge in [-0.05, 0) is 12.3 Å². The van der Waals surface area contributed by atoms with E-state index in [1.54, 1.807) is 13.8 Å². The largest absolute Gasteiger partial charge is 1.00 e. The molecule has 0 aromatic rings. The molecule has 4 nitrogen and oxygen atoms in total. The van der Waals surface area contributed by atoms with Gasteiger partial charge in [0.25, 0.3) is 0 Å². The van der Waals surface area contributed by atoms with E-state index in [0.717, 1.165) is 19.3 Å². The van der Waals surface area contributed by atoms with E-state index in [2.05, 4.69) is 6.92 Å². The molecule has 0 saturated heterocycles. The van der Waals surface area contributed by atoms with Gasteiger partial charge < -0.3 is 11.6 Å². The number of hydrogen-bond donors (Lipinski definition) is 2. The van der Waals surface area contributed by atoms with E-state index in [0.29, 0.717) is 6.42 Å². The van der Waals surface area contributed by atoms with Crippen LogP contribution in [0, 0.1) is 11.3 Å². The Morgan fingerprint density at radius 3 is 1.70 bits per heavy atom. The van der Waals surface area contributed by atoms with Crippen molar-refractivity contribution in [2.24, 2.45) is 11.3 Å². The summed E-state index contributed by atoms with van der Waals surface area (Å²) in [5.74, 6) is -2.82. The van der Waals surface area contributed by atoms with Crippen molar-refractivity contribution in [1.82, 2.24) is 0 Å². The van der Waals surface area contributed by atoms with Crippen molar-refractivity contribution in [3.8, 4) is 0 Å². The van der Waals surface area contributed by atoms with E-state index in [1.165, 1.54) is 19.3 Å². The molecule has 20 heavy (non-hydrogen) atoms. The molecule has 0 aromatic heterocycles. The van der Waals surface area contributed by atoms with Gasteiger partial charge in [0.1, 0.15) is 0 Å². The minimum atomic E-state index is -1.62. The second-order valence-corrected chi connectivity index (χ2v) is 5.61. The van der Waals surface area contributed by atoms with Crippen LogP contribution in [0.25, 0.3) is 0 Å². The molecule has 0 aromatic carbocycles. The summed E-state index contributed by atoms with van der Waals surface area (Å²) in [6.07, 6.45) is 7.68. The Balaban J connectivity index is -0.00000162. The molecular weight excluding hydrogens is 267 g/mol. The zero-order chi connectivity index (χ0) is 14.9. The van der Waals surface area contributed by atoms with Crippen molar-refractivity contribution in [2.45, 2.75) is 72.1 Å². The van der Waals surface area contributed by atoms with E-state index in [1.807, 2.05) is 0 Å². The molecule has 0 atom stereocenters. The first-order valence-corrected chi connectivity index (χ1v) is 7.36. The van der Waals surface area contributed by atoms with Crippen LogP contribution in [0.4, 0.5) is 0 Å². The monoisotopic (exact) mass is 296 g/mol. The summed E-state index contributed by atoms with van der Waals surface area (Å²) < 4.78 is 0. The normalized spacial score (nSPS) is 11.2. The van der Waals surface area contributed by atoms with Gasteiger partial charge in [-0.3, -0.25) is 9.59 Å². The Labute approximate surface area is 146 Å². The van der Waals surface area contributed by atoms with Crippen LogP contribution in [-0.4, -0.2) is 22.2 Å². The number of carboxylic acids is 2. The molecular formula is C15H29NaO4. The molecule has 2 N–H and O–H groups in total. The zero-order valence-corrected chi connectivity index (χ0v) is 15.4. The molecule has 114 valence electrons. The molecule has 0 aliphatic carbocycles. The van der Waals surface area contributed by atoms with Crippen molar-refractivity contribution in [1.29, 1.82) is 0 Å². The van der Waals surface area contributed by atoms with Crippen LogP contribution < -0.4 is 29.6 Å². The minimum absolute atomic E-state index is 0. The summed E-state index contributed by atoms with van der Waals surface area (Å²) in [4.78, 5) is 22.7. The Morgan fingerprint density at radius 2 is 1.35 bits per heavy atom. The molecule has 0 heterocycles. The van der Waals surface area contributed by atoms with Gasteiger partial charge in [-0.15, -0.1) is 0 Å². The minimum Gasteiger partial charge on any atom is -1.00 e. The number of rotatable bonds is 11. The average Bonchev–Trinajstić information content (AvgIpc) is 2.31. The van der Waals surface area contributed by atoms with Gasteiger partial charge >= 0.3 is 41.5 Å². The Kier molecular flexibility index (Phi) is 12.9. The first kappa shape index (κ1) is 22.2. The first-order valence-electron chi connectivity index (χ1n) is 7.36. The predicted molar refractivity (Wildman–Crippen MR) is 76.3 cm³/mol. The van der Waals surface area contributed by atoms with Crippen molar-refractivity contribution in [3.63, 3.8) is 0 Å². The Hall–Kier alpha value is -0.0600. The van der Waals surface area contributed by atoms with E-state index in [-0.39, 0.29) is 37.4 Å². The Bertz CT molecular complexity index is 281. The maximum Gasteiger partial charge on any atom is 1.00 e. The smallest absolute Gasteiger partial charge is 1.00 e. The van der Waals surface area contributed by atoms with E-state index >= 15 is 0 Å². The van der Waals surface area contributed by atoms with E-state index in [9.17, 15) is 19.8 Å². The summed E-state index contributed by atoms with van der Waals surface area (Å²) in [6.45, 7) is 5.50. The molecule has 0 saturated carbocycles. The van der Waals surface area contributed by atoms with Crippen LogP contribution in [0.15, 0.2) is 0 Å². The summed E-state index contributed by atoms with van der Waals surface area (Å²) in [6, 6.07) is 0. The van der Waals surface area contributed by atoms with E-state index in [4.69, 9.17) is 0 Å². The van der Waals surface area contributed by atoms with Crippen LogP contribution in [0.2, 0.25) is 0 Å². The summed E-state index contributed by atoms with van der Waals surface area (Å²) >= 11 is 0. The summed E-state index contributed by atoms with van der Waals surface area (Å²) in [5.41, 5.74) is -1.62. The van der Waals surface area contributed by atoms with Crippen LogP contribution in [0.5, 0.6) is 0 Å². The SMILES string of the molecule is CCCCCCCCCC(C(=O)O)(C(=O)O)C(C)C.[H-].[Na+]. The average molecular weight is 296 g/mol. The van der Waals surface area contributed by atoms with Crippen LogP contribution in [0.3, 0.4) is 0 Å². The van der Waals surface area contributed by atoms with Crippen molar-refractivity contribution in [3.05, 3.63) is 0 Å². The van der Waals surface area contributed by atoms with Gasteiger partial charge in [0.2, 0.25) is 0 Å². The fraction of sp³-hybridized carbons (Fsp3) is 0.867. The van der Waals surface area contributed by atoms with Gasteiger partial charge in [-0.25, -0.2) is 0 Å².